The van der Waals surface area contributed by atoms with E-state index in [1.807, 2.05) is 13.8 Å². The molecule has 3 N–H and O–H groups in total. The predicted molar refractivity (Wildman–Crippen MR) is 60.3 cm³/mol. The van der Waals surface area contributed by atoms with Crippen molar-refractivity contribution in [1.82, 2.24) is 10.3 Å². The molecule has 1 rings (SSSR count). The van der Waals surface area contributed by atoms with Crippen LogP contribution in [0.3, 0.4) is 0 Å². The molecule has 16 heavy (non-hydrogen) atoms. The fraction of sp³-hybridized carbons (Fsp3) is 0.455. The first kappa shape index (κ1) is 12.4. The van der Waals surface area contributed by atoms with Crippen LogP contribution in [0.2, 0.25) is 0 Å². The lowest BCUT2D eigenvalue weighted by atomic mass is 9.95. The van der Waals surface area contributed by atoms with Gasteiger partial charge in [0.15, 0.2) is 0 Å². The van der Waals surface area contributed by atoms with E-state index in [0.29, 0.717) is 6.54 Å². The zero-order valence-electron chi connectivity index (χ0n) is 9.41. The molecule has 0 fully saturated rings. The maximum atomic E-state index is 11.6. The fourth-order valence-corrected chi connectivity index (χ4v) is 1.05. The molecule has 0 saturated carbocycles. The summed E-state index contributed by atoms with van der Waals surface area (Å²) in [5.41, 5.74) is -0.458. The fourth-order valence-electron chi connectivity index (χ4n) is 1.05. The number of aliphatic hydroxyl groups excluding tert-OH is 1. The third-order valence-electron chi connectivity index (χ3n) is 2.17. The van der Waals surface area contributed by atoms with E-state index < -0.39 is 0 Å². The van der Waals surface area contributed by atoms with Crippen molar-refractivity contribution in [2.45, 2.75) is 13.8 Å². The first-order valence-electron chi connectivity index (χ1n) is 5.03. The maximum Gasteiger partial charge on any atom is 0.267 e. The van der Waals surface area contributed by atoms with Gasteiger partial charge in [-0.05, 0) is 6.07 Å². The minimum Gasteiger partial charge on any atom is -0.396 e. The summed E-state index contributed by atoms with van der Waals surface area (Å²) in [7, 11) is 0. The molecule has 1 aromatic rings. The molecule has 0 unspecified atom stereocenters. The van der Waals surface area contributed by atoms with Crippen molar-refractivity contribution in [2.75, 3.05) is 13.2 Å². The van der Waals surface area contributed by atoms with Crippen molar-refractivity contribution >= 4 is 5.91 Å². The van der Waals surface area contributed by atoms with Crippen LogP contribution in [0.15, 0.2) is 23.0 Å². The third kappa shape index (κ3) is 3.51. The van der Waals surface area contributed by atoms with E-state index in [2.05, 4.69) is 10.3 Å². The lowest BCUT2D eigenvalue weighted by molar-refractivity contribution is 0.0906. The Morgan fingerprint density at radius 2 is 2.19 bits per heavy atom. The van der Waals surface area contributed by atoms with Gasteiger partial charge in [-0.1, -0.05) is 19.9 Å². The van der Waals surface area contributed by atoms with Gasteiger partial charge in [0.2, 0.25) is 5.56 Å². The van der Waals surface area contributed by atoms with Crippen LogP contribution in [0.25, 0.3) is 0 Å². The molecule has 0 spiro atoms. The van der Waals surface area contributed by atoms with Gasteiger partial charge in [-0.2, -0.15) is 0 Å². The summed E-state index contributed by atoms with van der Waals surface area (Å²) >= 11 is 0. The summed E-state index contributed by atoms with van der Waals surface area (Å²) in [5, 5.41) is 11.7. The van der Waals surface area contributed by atoms with Crippen molar-refractivity contribution in [3.63, 3.8) is 0 Å². The van der Waals surface area contributed by atoms with E-state index in [-0.39, 0.29) is 29.2 Å². The number of carbonyl (C=O) groups is 1. The minimum absolute atomic E-state index is 0.0153. The van der Waals surface area contributed by atoms with Crippen molar-refractivity contribution in [2.24, 2.45) is 5.41 Å². The van der Waals surface area contributed by atoms with Crippen molar-refractivity contribution in [1.29, 1.82) is 0 Å². The standard InChI is InChI=1S/C11H16N2O3/c1-11(2,7-14)6-12-10(16)8-4-3-5-9(15)13-8/h3-5,14H,6-7H2,1-2H3,(H,12,16)(H,13,15). The average molecular weight is 224 g/mol. The molecular weight excluding hydrogens is 208 g/mol. The van der Waals surface area contributed by atoms with Gasteiger partial charge in [0.1, 0.15) is 5.69 Å². The zero-order valence-corrected chi connectivity index (χ0v) is 9.41. The van der Waals surface area contributed by atoms with E-state index in [1.54, 1.807) is 0 Å². The van der Waals surface area contributed by atoms with Gasteiger partial charge in [-0.15, -0.1) is 0 Å². The van der Waals surface area contributed by atoms with E-state index in [4.69, 9.17) is 5.11 Å². The molecule has 0 aromatic carbocycles. The summed E-state index contributed by atoms with van der Waals surface area (Å²) < 4.78 is 0. The van der Waals surface area contributed by atoms with Gasteiger partial charge in [0.05, 0.1) is 0 Å². The molecule has 0 atom stereocenters. The smallest absolute Gasteiger partial charge is 0.267 e. The van der Waals surface area contributed by atoms with Gasteiger partial charge in [-0.3, -0.25) is 9.59 Å². The molecule has 0 bridgehead atoms. The molecule has 0 aliphatic heterocycles. The van der Waals surface area contributed by atoms with Crippen LogP contribution in [-0.4, -0.2) is 29.1 Å². The highest BCUT2D eigenvalue weighted by molar-refractivity contribution is 5.92. The number of H-pyrrole nitrogens is 1. The summed E-state index contributed by atoms with van der Waals surface area (Å²) in [5.74, 6) is -0.348. The number of aromatic amines is 1. The van der Waals surface area contributed by atoms with Gasteiger partial charge < -0.3 is 15.4 Å². The van der Waals surface area contributed by atoms with E-state index in [0.717, 1.165) is 0 Å². The van der Waals surface area contributed by atoms with Gasteiger partial charge in [0, 0.05) is 24.6 Å². The zero-order chi connectivity index (χ0) is 12.2. The normalized spacial score (nSPS) is 11.2. The summed E-state index contributed by atoms with van der Waals surface area (Å²) in [6, 6.07) is 4.39. The third-order valence-corrected chi connectivity index (χ3v) is 2.17. The second-order valence-electron chi connectivity index (χ2n) is 4.43. The van der Waals surface area contributed by atoms with Crippen molar-refractivity contribution in [3.8, 4) is 0 Å². The van der Waals surface area contributed by atoms with Crippen molar-refractivity contribution in [3.05, 3.63) is 34.2 Å². The number of pyridine rings is 1. The van der Waals surface area contributed by atoms with E-state index in [9.17, 15) is 9.59 Å². The lowest BCUT2D eigenvalue weighted by Crippen LogP contribution is -2.36. The van der Waals surface area contributed by atoms with Gasteiger partial charge >= 0.3 is 0 Å². The van der Waals surface area contributed by atoms with Gasteiger partial charge in [-0.25, -0.2) is 0 Å². The van der Waals surface area contributed by atoms with E-state index in [1.165, 1.54) is 18.2 Å². The lowest BCUT2D eigenvalue weighted by Gasteiger charge is -2.21. The van der Waals surface area contributed by atoms with Crippen LogP contribution in [0.1, 0.15) is 24.3 Å². The molecule has 0 radical (unpaired) electrons. The number of amides is 1. The molecule has 0 saturated heterocycles. The van der Waals surface area contributed by atoms with Crippen molar-refractivity contribution < 1.29 is 9.90 Å². The number of carbonyl (C=O) groups excluding carboxylic acids is 1. The molecule has 1 aromatic heterocycles. The predicted octanol–water partition coefficient (Wildman–Crippen LogP) is 0.123. The van der Waals surface area contributed by atoms with Crippen LogP contribution >= 0.6 is 0 Å². The molecule has 0 aliphatic rings. The average Bonchev–Trinajstić information content (AvgIpc) is 2.26. The minimum atomic E-state index is -0.370. The Morgan fingerprint density at radius 3 is 2.75 bits per heavy atom. The maximum absolute atomic E-state index is 11.6. The SMILES string of the molecule is CC(C)(CO)CNC(=O)c1cccc(=O)[nH]1. The van der Waals surface area contributed by atoms with Crippen LogP contribution < -0.4 is 10.9 Å². The summed E-state index contributed by atoms with van der Waals surface area (Å²) in [6.45, 7) is 4.00. The molecular formula is C11H16N2O3. The Morgan fingerprint density at radius 1 is 1.50 bits per heavy atom. The second-order valence-corrected chi connectivity index (χ2v) is 4.43. The van der Waals surface area contributed by atoms with Crippen LogP contribution in [-0.2, 0) is 0 Å². The Kier molecular flexibility index (Phi) is 3.84. The largest absolute Gasteiger partial charge is 0.396 e. The molecule has 88 valence electrons. The number of hydrogen-bond acceptors (Lipinski definition) is 3. The Bertz CT molecular complexity index is 423. The monoisotopic (exact) mass is 224 g/mol. The molecule has 1 amide bonds. The number of hydrogen-bond donors (Lipinski definition) is 3. The quantitative estimate of drug-likeness (QED) is 0.679. The highest BCUT2D eigenvalue weighted by Crippen LogP contribution is 2.11. The topological polar surface area (TPSA) is 82.2 Å². The van der Waals surface area contributed by atoms with Gasteiger partial charge in [0.25, 0.3) is 5.91 Å². The van der Waals surface area contributed by atoms with Crippen LogP contribution in [0.5, 0.6) is 0 Å². The number of rotatable bonds is 4. The van der Waals surface area contributed by atoms with E-state index >= 15 is 0 Å². The van der Waals surface area contributed by atoms with Crippen LogP contribution in [0, 0.1) is 5.41 Å². The summed E-state index contributed by atoms with van der Waals surface area (Å²) in [6.07, 6.45) is 0. The number of aliphatic hydroxyl groups is 1. The Hall–Kier alpha value is -1.62. The highest BCUT2D eigenvalue weighted by atomic mass is 16.3. The Balaban J connectivity index is 2.63. The number of nitrogens with one attached hydrogen (secondary N) is 2. The molecule has 5 heteroatoms. The molecule has 1 heterocycles. The molecule has 5 nitrogen and oxygen atoms in total. The molecule has 0 aliphatic carbocycles. The number of aromatic nitrogens is 1. The summed E-state index contributed by atoms with van der Waals surface area (Å²) in [4.78, 5) is 25.0. The highest BCUT2D eigenvalue weighted by Gasteiger charge is 2.18. The Labute approximate surface area is 93.5 Å². The first-order valence-corrected chi connectivity index (χ1v) is 5.03. The second kappa shape index (κ2) is 4.94. The first-order chi connectivity index (χ1) is 7.44. The van der Waals surface area contributed by atoms with Crippen LogP contribution in [0.4, 0.5) is 0 Å².